The SMILES string of the molecule is COc1ccc(Br)cc1COc1c(F)cccc1CO. The molecule has 20 heavy (non-hydrogen) atoms. The molecule has 0 saturated heterocycles. The van der Waals surface area contributed by atoms with Gasteiger partial charge >= 0.3 is 0 Å². The molecule has 0 amide bonds. The van der Waals surface area contributed by atoms with E-state index in [4.69, 9.17) is 9.47 Å². The van der Waals surface area contributed by atoms with Crippen molar-refractivity contribution >= 4 is 15.9 Å². The second kappa shape index (κ2) is 6.72. The van der Waals surface area contributed by atoms with Crippen molar-refractivity contribution in [1.82, 2.24) is 0 Å². The topological polar surface area (TPSA) is 38.7 Å². The van der Waals surface area contributed by atoms with E-state index in [2.05, 4.69) is 15.9 Å². The van der Waals surface area contributed by atoms with E-state index >= 15 is 0 Å². The summed E-state index contributed by atoms with van der Waals surface area (Å²) in [5.41, 5.74) is 1.20. The van der Waals surface area contributed by atoms with Gasteiger partial charge in [0.2, 0.25) is 0 Å². The lowest BCUT2D eigenvalue weighted by Crippen LogP contribution is -2.03. The molecule has 0 unspecified atom stereocenters. The van der Waals surface area contributed by atoms with Gasteiger partial charge in [-0.1, -0.05) is 28.1 Å². The Morgan fingerprint density at radius 2 is 2.00 bits per heavy atom. The van der Waals surface area contributed by atoms with Gasteiger partial charge in [-0.05, 0) is 24.3 Å². The summed E-state index contributed by atoms with van der Waals surface area (Å²) in [6, 6.07) is 9.95. The van der Waals surface area contributed by atoms with Crippen molar-refractivity contribution in [1.29, 1.82) is 0 Å². The Hall–Kier alpha value is -1.59. The molecular weight excluding hydrogens is 327 g/mol. The number of ether oxygens (including phenoxy) is 2. The molecule has 0 fully saturated rings. The molecule has 106 valence electrons. The summed E-state index contributed by atoms with van der Waals surface area (Å²) in [5.74, 6) is 0.234. The third-order valence-corrected chi connectivity index (χ3v) is 3.33. The Morgan fingerprint density at radius 3 is 2.70 bits per heavy atom. The predicted molar refractivity (Wildman–Crippen MR) is 77.3 cm³/mol. The highest BCUT2D eigenvalue weighted by atomic mass is 79.9. The number of rotatable bonds is 5. The van der Waals surface area contributed by atoms with Crippen LogP contribution in [0.3, 0.4) is 0 Å². The lowest BCUT2D eigenvalue weighted by molar-refractivity contribution is 0.249. The van der Waals surface area contributed by atoms with Crippen molar-refractivity contribution in [2.45, 2.75) is 13.2 Å². The van der Waals surface area contributed by atoms with Gasteiger partial charge in [0.1, 0.15) is 12.4 Å². The average molecular weight is 341 g/mol. The molecule has 0 bridgehead atoms. The maximum absolute atomic E-state index is 13.7. The van der Waals surface area contributed by atoms with E-state index in [-0.39, 0.29) is 19.0 Å². The second-order valence-electron chi connectivity index (χ2n) is 4.13. The van der Waals surface area contributed by atoms with Gasteiger partial charge in [0, 0.05) is 15.6 Å². The molecule has 2 aromatic rings. The van der Waals surface area contributed by atoms with E-state index in [0.29, 0.717) is 11.3 Å². The molecule has 0 atom stereocenters. The first-order valence-corrected chi connectivity index (χ1v) is 6.78. The van der Waals surface area contributed by atoms with Gasteiger partial charge in [-0.25, -0.2) is 4.39 Å². The summed E-state index contributed by atoms with van der Waals surface area (Å²) in [4.78, 5) is 0. The van der Waals surface area contributed by atoms with E-state index in [0.717, 1.165) is 10.0 Å². The van der Waals surface area contributed by atoms with Gasteiger partial charge in [-0.3, -0.25) is 0 Å². The zero-order valence-electron chi connectivity index (χ0n) is 10.9. The van der Waals surface area contributed by atoms with Gasteiger partial charge < -0.3 is 14.6 Å². The van der Waals surface area contributed by atoms with Crippen molar-refractivity contribution in [2.75, 3.05) is 7.11 Å². The molecular formula is C15H14BrFO3. The number of methoxy groups -OCH3 is 1. The first-order valence-electron chi connectivity index (χ1n) is 5.99. The monoisotopic (exact) mass is 340 g/mol. The molecule has 3 nitrogen and oxygen atoms in total. The fourth-order valence-corrected chi connectivity index (χ4v) is 2.26. The Morgan fingerprint density at radius 1 is 1.20 bits per heavy atom. The number of halogens is 2. The largest absolute Gasteiger partial charge is 0.496 e. The van der Waals surface area contributed by atoms with Crippen molar-refractivity contribution < 1.29 is 19.0 Å². The maximum atomic E-state index is 13.7. The number of para-hydroxylation sites is 1. The van der Waals surface area contributed by atoms with E-state index in [1.54, 1.807) is 19.2 Å². The van der Waals surface area contributed by atoms with Crippen LogP contribution in [0.15, 0.2) is 40.9 Å². The molecule has 0 aliphatic rings. The van der Waals surface area contributed by atoms with Crippen LogP contribution >= 0.6 is 15.9 Å². The summed E-state index contributed by atoms with van der Waals surface area (Å²) in [7, 11) is 1.56. The number of hydrogen-bond donors (Lipinski definition) is 1. The third-order valence-electron chi connectivity index (χ3n) is 2.83. The van der Waals surface area contributed by atoms with Crippen molar-refractivity contribution in [3.8, 4) is 11.5 Å². The molecule has 0 radical (unpaired) electrons. The van der Waals surface area contributed by atoms with Crippen LogP contribution < -0.4 is 9.47 Å². The van der Waals surface area contributed by atoms with Crippen LogP contribution in [-0.2, 0) is 13.2 Å². The predicted octanol–water partition coefficient (Wildman–Crippen LogP) is 3.67. The summed E-state index contributed by atoms with van der Waals surface area (Å²) in [6.07, 6.45) is 0. The minimum atomic E-state index is -0.495. The Labute approximate surface area is 125 Å². The Kier molecular flexibility index (Phi) is 4.98. The van der Waals surface area contributed by atoms with Gasteiger partial charge in [-0.15, -0.1) is 0 Å². The van der Waals surface area contributed by atoms with E-state index in [1.807, 2.05) is 12.1 Å². The first kappa shape index (κ1) is 14.8. The third kappa shape index (κ3) is 3.29. The molecule has 0 saturated carbocycles. The molecule has 0 aromatic heterocycles. The van der Waals surface area contributed by atoms with Gasteiger partial charge in [0.05, 0.1) is 13.7 Å². The summed E-state index contributed by atoms with van der Waals surface area (Å²) >= 11 is 3.37. The fraction of sp³-hybridized carbons (Fsp3) is 0.200. The highest BCUT2D eigenvalue weighted by molar-refractivity contribution is 9.10. The van der Waals surface area contributed by atoms with Crippen LogP contribution in [0.5, 0.6) is 11.5 Å². The fourth-order valence-electron chi connectivity index (χ4n) is 1.85. The van der Waals surface area contributed by atoms with Crippen molar-refractivity contribution in [3.05, 3.63) is 57.8 Å². The summed E-state index contributed by atoms with van der Waals surface area (Å²) in [6.45, 7) is -0.126. The highest BCUT2D eigenvalue weighted by Crippen LogP contribution is 2.27. The van der Waals surface area contributed by atoms with E-state index in [1.165, 1.54) is 12.1 Å². The lowest BCUT2D eigenvalue weighted by Gasteiger charge is -2.13. The Balaban J connectivity index is 2.23. The molecule has 0 aliphatic carbocycles. The van der Waals surface area contributed by atoms with Crippen molar-refractivity contribution in [3.63, 3.8) is 0 Å². The number of benzene rings is 2. The zero-order chi connectivity index (χ0) is 14.5. The van der Waals surface area contributed by atoms with E-state index < -0.39 is 5.82 Å². The molecule has 0 heterocycles. The number of hydrogen-bond acceptors (Lipinski definition) is 3. The quantitative estimate of drug-likeness (QED) is 0.902. The first-order chi connectivity index (χ1) is 9.65. The van der Waals surface area contributed by atoms with Crippen LogP contribution in [0, 0.1) is 5.82 Å². The lowest BCUT2D eigenvalue weighted by atomic mass is 10.2. The van der Waals surface area contributed by atoms with Crippen LogP contribution in [0.25, 0.3) is 0 Å². The standard InChI is InChI=1S/C15H14BrFO3/c1-19-14-6-5-12(16)7-11(14)9-20-15-10(8-18)3-2-4-13(15)17/h2-7,18H,8-9H2,1H3. The van der Waals surface area contributed by atoms with Gasteiger partial charge in [0.15, 0.2) is 11.6 Å². The van der Waals surface area contributed by atoms with Crippen LogP contribution in [0.2, 0.25) is 0 Å². The zero-order valence-corrected chi connectivity index (χ0v) is 12.5. The average Bonchev–Trinajstić information content (AvgIpc) is 2.46. The highest BCUT2D eigenvalue weighted by Gasteiger charge is 2.11. The summed E-state index contributed by atoms with van der Waals surface area (Å²) < 4.78 is 25.3. The van der Waals surface area contributed by atoms with Gasteiger partial charge in [-0.2, -0.15) is 0 Å². The maximum Gasteiger partial charge on any atom is 0.165 e. The second-order valence-corrected chi connectivity index (χ2v) is 5.05. The Bertz CT molecular complexity index is 602. The smallest absolute Gasteiger partial charge is 0.165 e. The molecule has 2 rings (SSSR count). The van der Waals surface area contributed by atoms with E-state index in [9.17, 15) is 9.50 Å². The minimum Gasteiger partial charge on any atom is -0.496 e. The normalized spacial score (nSPS) is 10.4. The molecule has 0 spiro atoms. The molecule has 5 heteroatoms. The van der Waals surface area contributed by atoms with Crippen molar-refractivity contribution in [2.24, 2.45) is 0 Å². The number of aliphatic hydroxyl groups is 1. The van der Waals surface area contributed by atoms with Crippen LogP contribution in [0.4, 0.5) is 4.39 Å². The van der Waals surface area contributed by atoms with Gasteiger partial charge in [0.25, 0.3) is 0 Å². The minimum absolute atomic E-state index is 0.0667. The molecule has 1 N–H and O–H groups in total. The molecule has 2 aromatic carbocycles. The van der Waals surface area contributed by atoms with Crippen LogP contribution in [-0.4, -0.2) is 12.2 Å². The molecule has 0 aliphatic heterocycles. The number of aliphatic hydroxyl groups excluding tert-OH is 1. The summed E-state index contributed by atoms with van der Waals surface area (Å²) in [5, 5.41) is 9.21. The van der Waals surface area contributed by atoms with Crippen LogP contribution in [0.1, 0.15) is 11.1 Å².